The van der Waals surface area contributed by atoms with Gasteiger partial charge < -0.3 is 10.1 Å². The predicted molar refractivity (Wildman–Crippen MR) is 93.7 cm³/mol. The predicted octanol–water partition coefficient (Wildman–Crippen LogP) is 3.63. The quantitative estimate of drug-likeness (QED) is 0.753. The maximum absolute atomic E-state index is 12.5. The van der Waals surface area contributed by atoms with E-state index in [0.717, 1.165) is 24.3 Å². The Morgan fingerprint density at radius 2 is 1.70 bits per heavy atom. The second kappa shape index (κ2) is 8.81. The van der Waals surface area contributed by atoms with Gasteiger partial charge in [0.25, 0.3) is 5.91 Å². The molecule has 0 heterocycles. The van der Waals surface area contributed by atoms with Crippen molar-refractivity contribution in [1.29, 1.82) is 0 Å². The first-order chi connectivity index (χ1) is 12.7. The lowest BCUT2D eigenvalue weighted by atomic mass is 10.2. The summed E-state index contributed by atoms with van der Waals surface area (Å²) in [5.74, 6) is -1.20. The van der Waals surface area contributed by atoms with Crippen LogP contribution >= 0.6 is 0 Å². The van der Waals surface area contributed by atoms with Crippen LogP contribution in [0.2, 0.25) is 0 Å². The van der Waals surface area contributed by atoms with Crippen LogP contribution in [0.25, 0.3) is 0 Å². The lowest BCUT2D eigenvalue weighted by Crippen LogP contribution is -2.21. The summed E-state index contributed by atoms with van der Waals surface area (Å²) in [5.41, 5.74) is -0.607. The van der Waals surface area contributed by atoms with Crippen molar-refractivity contribution < 1.29 is 31.7 Å². The minimum Gasteiger partial charge on any atom is -0.452 e. The van der Waals surface area contributed by atoms with Crippen molar-refractivity contribution in [2.75, 3.05) is 17.7 Å². The third kappa shape index (κ3) is 5.65. The van der Waals surface area contributed by atoms with E-state index in [9.17, 15) is 27.0 Å². The van der Waals surface area contributed by atoms with Crippen LogP contribution in [0.5, 0.6) is 0 Å². The molecule has 0 saturated carbocycles. The van der Waals surface area contributed by atoms with Crippen LogP contribution in [0, 0.1) is 0 Å². The van der Waals surface area contributed by atoms with Crippen LogP contribution in [-0.4, -0.2) is 28.4 Å². The monoisotopic (exact) mass is 399 g/mol. The van der Waals surface area contributed by atoms with Gasteiger partial charge in [0.2, 0.25) is 0 Å². The number of rotatable bonds is 6. The number of esters is 1. The molecular weight excluding hydrogens is 383 g/mol. The summed E-state index contributed by atoms with van der Waals surface area (Å²) in [6.07, 6.45) is -4.47. The van der Waals surface area contributed by atoms with Gasteiger partial charge in [-0.1, -0.05) is 19.1 Å². The first-order valence-electron chi connectivity index (χ1n) is 7.84. The van der Waals surface area contributed by atoms with Gasteiger partial charge in [-0.15, -0.1) is 0 Å². The number of amides is 1. The highest BCUT2D eigenvalue weighted by Gasteiger charge is 2.30. The molecule has 0 fully saturated rings. The van der Waals surface area contributed by atoms with E-state index in [0.29, 0.717) is 10.6 Å². The Kier molecular flexibility index (Phi) is 6.73. The molecule has 2 aromatic rings. The molecule has 0 aliphatic rings. The van der Waals surface area contributed by atoms with Gasteiger partial charge in [0.05, 0.1) is 26.8 Å². The molecule has 0 spiro atoms. The van der Waals surface area contributed by atoms with Crippen LogP contribution in [0.4, 0.5) is 18.9 Å². The van der Waals surface area contributed by atoms with Crippen molar-refractivity contribution in [3.63, 3.8) is 0 Å². The van der Waals surface area contributed by atoms with Crippen LogP contribution in [-0.2, 0) is 26.5 Å². The maximum Gasteiger partial charge on any atom is 0.416 e. The minimum atomic E-state index is -4.47. The number of anilines is 1. The number of hydrogen-bond acceptors (Lipinski definition) is 4. The van der Waals surface area contributed by atoms with Crippen LogP contribution < -0.4 is 5.32 Å². The second-order valence-electron chi connectivity index (χ2n) is 5.33. The molecular formula is C18H16F3NO4S. The van der Waals surface area contributed by atoms with Crippen LogP contribution in [0.1, 0.15) is 22.8 Å². The van der Waals surface area contributed by atoms with Gasteiger partial charge >= 0.3 is 12.1 Å². The zero-order valence-electron chi connectivity index (χ0n) is 14.2. The molecule has 0 aromatic heterocycles. The first kappa shape index (κ1) is 20.6. The Bertz CT molecular complexity index is 850. The average molecular weight is 399 g/mol. The van der Waals surface area contributed by atoms with Gasteiger partial charge in [-0.25, -0.2) is 4.79 Å². The van der Waals surface area contributed by atoms with Gasteiger partial charge in [0.1, 0.15) is 0 Å². The molecule has 27 heavy (non-hydrogen) atoms. The molecule has 0 aliphatic carbocycles. The summed E-state index contributed by atoms with van der Waals surface area (Å²) in [6.45, 7) is 1.07. The summed E-state index contributed by atoms with van der Waals surface area (Å²) < 4.78 is 54.4. The van der Waals surface area contributed by atoms with E-state index in [2.05, 4.69) is 5.32 Å². The molecule has 1 amide bonds. The van der Waals surface area contributed by atoms with E-state index < -0.39 is 41.0 Å². The number of ether oxygens (including phenoxy) is 1. The van der Waals surface area contributed by atoms with Gasteiger partial charge in [0.15, 0.2) is 6.61 Å². The topological polar surface area (TPSA) is 72.5 Å². The van der Waals surface area contributed by atoms with Crippen molar-refractivity contribution >= 4 is 28.4 Å². The van der Waals surface area contributed by atoms with Crippen molar-refractivity contribution in [3.05, 3.63) is 59.7 Å². The Morgan fingerprint density at radius 3 is 2.30 bits per heavy atom. The van der Waals surface area contributed by atoms with Crippen molar-refractivity contribution in [3.8, 4) is 0 Å². The maximum atomic E-state index is 12.5. The van der Waals surface area contributed by atoms with Crippen LogP contribution in [0.15, 0.2) is 53.4 Å². The summed E-state index contributed by atoms with van der Waals surface area (Å²) >= 11 is 0. The molecule has 0 bridgehead atoms. The van der Waals surface area contributed by atoms with E-state index in [1.165, 1.54) is 6.07 Å². The van der Waals surface area contributed by atoms with Crippen molar-refractivity contribution in [1.82, 2.24) is 0 Å². The highest BCUT2D eigenvalue weighted by molar-refractivity contribution is 7.85. The first-order valence-corrected chi connectivity index (χ1v) is 9.16. The van der Waals surface area contributed by atoms with Gasteiger partial charge in [-0.3, -0.25) is 9.00 Å². The molecule has 0 radical (unpaired) electrons. The van der Waals surface area contributed by atoms with E-state index >= 15 is 0 Å². The fraction of sp³-hybridized carbons (Fsp3) is 0.222. The SMILES string of the molecule is CC[S@@](=O)c1ccccc1C(=O)OCC(=O)Nc1ccc(C(F)(F)F)cc1. The number of carbonyl (C=O) groups excluding carboxylic acids is 2. The highest BCUT2D eigenvalue weighted by atomic mass is 32.2. The number of hydrogen-bond donors (Lipinski definition) is 1. The van der Waals surface area contributed by atoms with Crippen molar-refractivity contribution in [2.45, 2.75) is 18.0 Å². The smallest absolute Gasteiger partial charge is 0.416 e. The summed E-state index contributed by atoms with van der Waals surface area (Å²) in [4.78, 5) is 24.3. The van der Waals surface area contributed by atoms with Gasteiger partial charge in [-0.2, -0.15) is 13.2 Å². The van der Waals surface area contributed by atoms with E-state index in [1.54, 1.807) is 25.1 Å². The number of benzene rings is 2. The number of nitrogens with one attached hydrogen (secondary N) is 1. The molecule has 0 aliphatic heterocycles. The fourth-order valence-electron chi connectivity index (χ4n) is 2.14. The van der Waals surface area contributed by atoms with E-state index in [4.69, 9.17) is 4.74 Å². The molecule has 5 nitrogen and oxygen atoms in total. The summed E-state index contributed by atoms with van der Waals surface area (Å²) in [7, 11) is -1.37. The minimum absolute atomic E-state index is 0.0972. The second-order valence-corrected chi connectivity index (χ2v) is 7.04. The third-order valence-corrected chi connectivity index (χ3v) is 4.82. The Morgan fingerprint density at radius 1 is 1.07 bits per heavy atom. The Hall–Kier alpha value is -2.68. The number of halogens is 3. The zero-order valence-corrected chi connectivity index (χ0v) is 15.0. The fourth-order valence-corrected chi connectivity index (χ4v) is 3.08. The molecule has 1 N–H and O–H groups in total. The lowest BCUT2D eigenvalue weighted by Gasteiger charge is -2.10. The molecule has 0 unspecified atom stereocenters. The van der Waals surface area contributed by atoms with Crippen LogP contribution in [0.3, 0.4) is 0 Å². The Labute approximate surface area is 156 Å². The number of alkyl halides is 3. The molecule has 0 saturated heterocycles. The largest absolute Gasteiger partial charge is 0.452 e. The van der Waals surface area contributed by atoms with E-state index in [-0.39, 0.29) is 11.3 Å². The molecule has 1 atom stereocenters. The average Bonchev–Trinajstić information content (AvgIpc) is 2.65. The highest BCUT2D eigenvalue weighted by Crippen LogP contribution is 2.29. The third-order valence-electron chi connectivity index (χ3n) is 3.44. The summed E-state index contributed by atoms with van der Waals surface area (Å²) in [5, 5.41) is 2.33. The standard InChI is InChI=1S/C18H16F3NO4S/c1-2-27(25)15-6-4-3-5-14(15)17(24)26-11-16(23)22-13-9-7-12(8-10-13)18(19,20)21/h3-10H,2,11H2,1H3,(H,22,23)/t27-/m1/s1. The Balaban J connectivity index is 1.96. The lowest BCUT2D eigenvalue weighted by molar-refractivity contribution is -0.137. The van der Waals surface area contributed by atoms with Crippen molar-refractivity contribution in [2.24, 2.45) is 0 Å². The molecule has 144 valence electrons. The number of carbonyl (C=O) groups is 2. The molecule has 2 rings (SSSR count). The normalized spacial score (nSPS) is 12.3. The zero-order chi connectivity index (χ0) is 20.0. The van der Waals surface area contributed by atoms with E-state index in [1.807, 2.05) is 0 Å². The van der Waals surface area contributed by atoms with Gasteiger partial charge in [-0.05, 0) is 36.4 Å². The molecule has 9 heteroatoms. The van der Waals surface area contributed by atoms with Gasteiger partial charge in [0, 0.05) is 11.4 Å². The molecule has 2 aromatic carbocycles. The summed E-state index contributed by atoms with van der Waals surface area (Å²) in [6, 6.07) is 10.1.